The van der Waals surface area contributed by atoms with Gasteiger partial charge in [-0.2, -0.15) is 0 Å². The standard InChI is InChI=1S/C19H32N4O.HI/c1-15-11-16(2)14-23(13-15)19(20-3)22-12-17-5-7-18(8-6-17)21-9-10-24-4;/h5-8,15-16,21H,9-14H2,1-4H3,(H,20,22);1H. The number of halogens is 1. The Kier molecular flexibility index (Phi) is 10.2. The number of nitrogens with one attached hydrogen (secondary N) is 2. The van der Waals surface area contributed by atoms with Gasteiger partial charge in [-0.3, -0.25) is 4.99 Å². The Labute approximate surface area is 169 Å². The summed E-state index contributed by atoms with van der Waals surface area (Å²) in [6.07, 6.45) is 1.31. The van der Waals surface area contributed by atoms with E-state index in [1.54, 1.807) is 7.11 Å². The Morgan fingerprint density at radius 1 is 1.20 bits per heavy atom. The molecule has 6 heteroatoms. The van der Waals surface area contributed by atoms with Crippen LogP contribution in [0.1, 0.15) is 25.8 Å². The molecule has 142 valence electrons. The lowest BCUT2D eigenvalue weighted by Crippen LogP contribution is -2.48. The number of nitrogens with zero attached hydrogens (tertiary/aromatic N) is 2. The summed E-state index contributed by atoms with van der Waals surface area (Å²) >= 11 is 0. The molecule has 1 aliphatic heterocycles. The number of likely N-dealkylation sites (tertiary alicyclic amines) is 1. The molecule has 0 aromatic heterocycles. The van der Waals surface area contributed by atoms with Crippen molar-refractivity contribution in [3.63, 3.8) is 0 Å². The predicted molar refractivity (Wildman–Crippen MR) is 117 cm³/mol. The van der Waals surface area contributed by atoms with E-state index in [9.17, 15) is 0 Å². The van der Waals surface area contributed by atoms with E-state index in [1.165, 1.54) is 12.0 Å². The molecule has 1 aliphatic rings. The lowest BCUT2D eigenvalue weighted by Gasteiger charge is -2.37. The summed E-state index contributed by atoms with van der Waals surface area (Å²) in [5, 5.41) is 6.84. The second-order valence-corrected chi connectivity index (χ2v) is 6.87. The number of guanidine groups is 1. The second-order valence-electron chi connectivity index (χ2n) is 6.87. The minimum absolute atomic E-state index is 0. The van der Waals surface area contributed by atoms with Gasteiger partial charge in [-0.1, -0.05) is 26.0 Å². The van der Waals surface area contributed by atoms with Gasteiger partial charge < -0.3 is 20.3 Å². The zero-order valence-corrected chi connectivity index (χ0v) is 18.2. The molecular formula is C19H33IN4O. The van der Waals surface area contributed by atoms with E-state index in [1.807, 2.05) is 7.05 Å². The van der Waals surface area contributed by atoms with Gasteiger partial charge in [0.1, 0.15) is 0 Å². The van der Waals surface area contributed by atoms with Crippen molar-refractivity contribution in [3.05, 3.63) is 29.8 Å². The van der Waals surface area contributed by atoms with Gasteiger partial charge in [0.25, 0.3) is 0 Å². The summed E-state index contributed by atoms with van der Waals surface area (Å²) in [6, 6.07) is 8.52. The highest BCUT2D eigenvalue weighted by atomic mass is 127. The van der Waals surface area contributed by atoms with Gasteiger partial charge in [0.05, 0.1) is 6.61 Å². The first-order chi connectivity index (χ1) is 11.6. The number of anilines is 1. The maximum absolute atomic E-state index is 5.05. The van der Waals surface area contributed by atoms with E-state index in [2.05, 4.69) is 58.6 Å². The van der Waals surface area contributed by atoms with Crippen LogP contribution in [0.3, 0.4) is 0 Å². The molecule has 0 saturated carbocycles. The van der Waals surface area contributed by atoms with E-state index < -0.39 is 0 Å². The first-order valence-electron chi connectivity index (χ1n) is 8.89. The summed E-state index contributed by atoms with van der Waals surface area (Å²) in [7, 11) is 3.59. The van der Waals surface area contributed by atoms with Crippen LogP contribution in [0.5, 0.6) is 0 Å². The van der Waals surface area contributed by atoms with Crippen molar-refractivity contribution in [3.8, 4) is 0 Å². The predicted octanol–water partition coefficient (Wildman–Crippen LogP) is 3.42. The third-order valence-corrected chi connectivity index (χ3v) is 4.42. The van der Waals surface area contributed by atoms with Gasteiger partial charge in [0, 0.05) is 46.0 Å². The van der Waals surface area contributed by atoms with Gasteiger partial charge in [0.2, 0.25) is 0 Å². The Balaban J connectivity index is 0.00000312. The molecule has 1 aromatic rings. The molecule has 1 fully saturated rings. The first-order valence-corrected chi connectivity index (χ1v) is 8.89. The molecule has 5 nitrogen and oxygen atoms in total. The lowest BCUT2D eigenvalue weighted by atomic mass is 9.92. The van der Waals surface area contributed by atoms with Crippen molar-refractivity contribution < 1.29 is 4.74 Å². The van der Waals surface area contributed by atoms with Gasteiger partial charge >= 0.3 is 0 Å². The molecular weight excluding hydrogens is 427 g/mol. The van der Waals surface area contributed by atoms with Crippen LogP contribution < -0.4 is 10.6 Å². The fraction of sp³-hybridized carbons (Fsp3) is 0.632. The number of rotatable bonds is 6. The van der Waals surface area contributed by atoms with Crippen LogP contribution in [0.4, 0.5) is 5.69 Å². The molecule has 2 rings (SSSR count). The van der Waals surface area contributed by atoms with Crippen LogP contribution in [0.15, 0.2) is 29.3 Å². The highest BCUT2D eigenvalue weighted by molar-refractivity contribution is 14.0. The Morgan fingerprint density at radius 2 is 1.84 bits per heavy atom. The van der Waals surface area contributed by atoms with Crippen molar-refractivity contribution in [2.45, 2.75) is 26.8 Å². The molecule has 2 N–H and O–H groups in total. The molecule has 2 atom stereocenters. The van der Waals surface area contributed by atoms with E-state index >= 15 is 0 Å². The fourth-order valence-electron chi connectivity index (χ4n) is 3.39. The lowest BCUT2D eigenvalue weighted by molar-refractivity contribution is 0.208. The SMILES string of the molecule is CN=C(NCc1ccc(NCCOC)cc1)N1CC(C)CC(C)C1.I. The number of ether oxygens (including phenoxy) is 1. The summed E-state index contributed by atoms with van der Waals surface area (Å²) < 4.78 is 5.05. The molecule has 0 radical (unpaired) electrons. The minimum Gasteiger partial charge on any atom is -0.383 e. The van der Waals surface area contributed by atoms with Crippen molar-refractivity contribution >= 4 is 35.6 Å². The van der Waals surface area contributed by atoms with E-state index in [-0.39, 0.29) is 24.0 Å². The van der Waals surface area contributed by atoms with Crippen molar-refractivity contribution in [1.82, 2.24) is 10.2 Å². The van der Waals surface area contributed by atoms with E-state index in [4.69, 9.17) is 4.74 Å². The average molecular weight is 460 g/mol. The maximum Gasteiger partial charge on any atom is 0.193 e. The fourth-order valence-corrected chi connectivity index (χ4v) is 3.39. The van der Waals surface area contributed by atoms with Crippen LogP contribution in [0, 0.1) is 11.8 Å². The highest BCUT2D eigenvalue weighted by Crippen LogP contribution is 2.21. The number of methoxy groups -OCH3 is 1. The van der Waals surface area contributed by atoms with Crippen LogP contribution in [0.2, 0.25) is 0 Å². The van der Waals surface area contributed by atoms with Crippen molar-refractivity contribution in [2.24, 2.45) is 16.8 Å². The average Bonchev–Trinajstić information content (AvgIpc) is 2.56. The number of benzene rings is 1. The number of aliphatic imine (C=N–C) groups is 1. The molecule has 0 aliphatic carbocycles. The second kappa shape index (κ2) is 11.6. The molecule has 1 aromatic carbocycles. The summed E-state index contributed by atoms with van der Waals surface area (Å²) in [5.41, 5.74) is 2.38. The monoisotopic (exact) mass is 460 g/mol. The van der Waals surface area contributed by atoms with Gasteiger partial charge in [-0.15, -0.1) is 24.0 Å². The van der Waals surface area contributed by atoms with Crippen LogP contribution in [-0.4, -0.2) is 51.3 Å². The zero-order chi connectivity index (χ0) is 17.4. The largest absolute Gasteiger partial charge is 0.383 e. The Bertz CT molecular complexity index is 511. The normalized spacial score (nSPS) is 20.8. The number of piperidine rings is 1. The van der Waals surface area contributed by atoms with E-state index in [0.717, 1.165) is 49.7 Å². The van der Waals surface area contributed by atoms with E-state index in [0.29, 0.717) is 6.61 Å². The molecule has 1 saturated heterocycles. The van der Waals surface area contributed by atoms with Gasteiger partial charge in [-0.25, -0.2) is 0 Å². The molecule has 25 heavy (non-hydrogen) atoms. The van der Waals surface area contributed by atoms with Gasteiger partial charge in [-0.05, 0) is 36.0 Å². The summed E-state index contributed by atoms with van der Waals surface area (Å²) in [5.74, 6) is 2.46. The highest BCUT2D eigenvalue weighted by Gasteiger charge is 2.23. The van der Waals surface area contributed by atoms with Crippen LogP contribution >= 0.6 is 24.0 Å². The minimum atomic E-state index is 0. The summed E-state index contributed by atoms with van der Waals surface area (Å²) in [6.45, 7) is 9.16. The molecule has 1 heterocycles. The first kappa shape index (κ1) is 22.0. The molecule has 2 unspecified atom stereocenters. The third kappa shape index (κ3) is 7.40. The van der Waals surface area contributed by atoms with Crippen molar-refractivity contribution in [1.29, 1.82) is 0 Å². The molecule has 0 bridgehead atoms. The molecule has 0 amide bonds. The number of hydrogen-bond acceptors (Lipinski definition) is 3. The maximum atomic E-state index is 5.05. The van der Waals surface area contributed by atoms with Crippen LogP contribution in [0.25, 0.3) is 0 Å². The zero-order valence-electron chi connectivity index (χ0n) is 15.9. The Hall–Kier alpha value is -1.02. The summed E-state index contributed by atoms with van der Waals surface area (Å²) in [4.78, 5) is 6.86. The quantitative estimate of drug-likeness (QED) is 0.296. The number of hydrogen-bond donors (Lipinski definition) is 2. The smallest absolute Gasteiger partial charge is 0.193 e. The van der Waals surface area contributed by atoms with Crippen LogP contribution in [-0.2, 0) is 11.3 Å². The van der Waals surface area contributed by atoms with Gasteiger partial charge in [0.15, 0.2) is 5.96 Å². The third-order valence-electron chi connectivity index (χ3n) is 4.42. The Morgan fingerprint density at radius 3 is 2.40 bits per heavy atom. The topological polar surface area (TPSA) is 48.9 Å². The molecule has 0 spiro atoms. The van der Waals surface area contributed by atoms with Crippen molar-refractivity contribution in [2.75, 3.05) is 45.7 Å².